The van der Waals surface area contributed by atoms with Crippen LogP contribution in [-0.4, -0.2) is 70.6 Å². The van der Waals surface area contributed by atoms with Crippen LogP contribution in [-0.2, 0) is 28.5 Å². The third-order valence-electron chi connectivity index (χ3n) is 6.27. The summed E-state index contributed by atoms with van der Waals surface area (Å²) in [6, 6.07) is 0. The average molecular weight is 515 g/mol. The second-order valence-corrected chi connectivity index (χ2v) is 11.8. The van der Waals surface area contributed by atoms with Crippen molar-refractivity contribution < 1.29 is 28.5 Å². The second kappa shape index (κ2) is 18.7. The van der Waals surface area contributed by atoms with Crippen molar-refractivity contribution in [3.05, 3.63) is 0 Å². The van der Waals surface area contributed by atoms with E-state index >= 15 is 0 Å². The molecule has 0 aliphatic heterocycles. The lowest BCUT2D eigenvalue weighted by molar-refractivity contribution is -0.120. The number of carbonyl (C=O) groups is 5. The van der Waals surface area contributed by atoms with Gasteiger partial charge in [-0.25, -0.2) is 9.34 Å². The minimum atomic E-state index is -3.45. The maximum Gasteiger partial charge on any atom is 0.217 e. The first-order valence-electron chi connectivity index (χ1n) is 13.3. The van der Waals surface area contributed by atoms with Gasteiger partial charge >= 0.3 is 0 Å². The summed E-state index contributed by atoms with van der Waals surface area (Å²) in [7, 11) is -3.45. The van der Waals surface area contributed by atoms with E-state index in [1.54, 1.807) is 37.0 Å². The summed E-state index contributed by atoms with van der Waals surface area (Å²) in [5.41, 5.74) is 0. The number of hydrogen-bond donors (Lipinski definition) is 0. The van der Waals surface area contributed by atoms with Gasteiger partial charge < -0.3 is 0 Å². The molecule has 0 aromatic rings. The zero-order valence-corrected chi connectivity index (χ0v) is 23.5. The molecule has 0 aliphatic rings. The molecule has 0 amide bonds. The van der Waals surface area contributed by atoms with Gasteiger partial charge in [0.1, 0.15) is 28.9 Å². The predicted octanol–water partition coefficient (Wildman–Crippen LogP) is 5.02. The monoisotopic (exact) mass is 514 g/mol. The summed E-state index contributed by atoms with van der Waals surface area (Å²) < 4.78 is 18.2. The Morgan fingerprint density at radius 2 is 0.800 bits per heavy atom. The van der Waals surface area contributed by atoms with Crippen LogP contribution < -0.4 is 0 Å². The fourth-order valence-corrected chi connectivity index (χ4v) is 6.82. The molecule has 9 heteroatoms. The predicted molar refractivity (Wildman–Crippen MR) is 140 cm³/mol. The van der Waals surface area contributed by atoms with Crippen molar-refractivity contribution in [1.82, 2.24) is 9.34 Å². The zero-order chi connectivity index (χ0) is 26.9. The fourth-order valence-electron chi connectivity index (χ4n) is 3.71. The molecule has 0 rings (SSSR count). The molecule has 0 N–H and O–H groups in total. The normalized spacial score (nSPS) is 11.7. The molecule has 0 aromatic carbocycles. The van der Waals surface area contributed by atoms with E-state index in [1.807, 2.05) is 6.92 Å². The maximum atomic E-state index is 14.8. The molecular weight excluding hydrogens is 467 g/mol. The molecule has 0 aromatic heterocycles. The van der Waals surface area contributed by atoms with Crippen LogP contribution in [0.1, 0.15) is 105 Å². The van der Waals surface area contributed by atoms with Gasteiger partial charge in [0.15, 0.2) is 0 Å². The highest BCUT2D eigenvalue weighted by molar-refractivity contribution is 7.59. The Labute approximate surface area is 212 Å². The topological polar surface area (TPSA) is 109 Å². The first-order chi connectivity index (χ1) is 16.6. The lowest BCUT2D eigenvalue weighted by atomic mass is 10.2. The fraction of sp³-hybridized carbons (Fsp3) is 0.808. The van der Waals surface area contributed by atoms with Crippen molar-refractivity contribution >= 4 is 36.4 Å². The first kappa shape index (κ1) is 33.5. The quantitative estimate of drug-likeness (QED) is 0.175. The van der Waals surface area contributed by atoms with Gasteiger partial charge in [-0.1, -0.05) is 34.6 Å². The smallest absolute Gasteiger partial charge is 0.217 e. The molecular formula is C26H47N2O6P. The molecule has 0 saturated carbocycles. The van der Waals surface area contributed by atoms with Gasteiger partial charge in [-0.3, -0.25) is 28.5 Å². The van der Waals surface area contributed by atoms with Gasteiger partial charge in [-0.15, -0.1) is 0 Å². The van der Waals surface area contributed by atoms with E-state index in [0.29, 0.717) is 38.5 Å². The lowest BCUT2D eigenvalue weighted by Gasteiger charge is -2.39. The minimum Gasteiger partial charge on any atom is -0.300 e. The number of ketones is 5. The summed E-state index contributed by atoms with van der Waals surface area (Å²) in [6.07, 6.45) is 3.51. The SMILES string of the molecule is CCCC(=O)CCP(=O)(N(CCC(=O)CC)CCC(=O)CC)N(CCC(=O)CC)CCC(=O)CC. The Kier molecular flexibility index (Phi) is 17.9. The zero-order valence-electron chi connectivity index (χ0n) is 22.6. The van der Waals surface area contributed by atoms with E-state index in [2.05, 4.69) is 0 Å². The van der Waals surface area contributed by atoms with Gasteiger partial charge in [0.05, 0.1) is 0 Å². The Balaban J connectivity index is 6.24. The van der Waals surface area contributed by atoms with Crippen LogP contribution >= 0.6 is 7.44 Å². The lowest BCUT2D eigenvalue weighted by Crippen LogP contribution is -2.38. The van der Waals surface area contributed by atoms with E-state index in [4.69, 9.17) is 0 Å². The van der Waals surface area contributed by atoms with Crippen molar-refractivity contribution in [2.75, 3.05) is 32.3 Å². The Morgan fingerprint density at radius 1 is 0.486 bits per heavy atom. The minimum absolute atomic E-state index is 0.0103. The average Bonchev–Trinajstić information content (AvgIpc) is 2.86. The molecule has 0 saturated heterocycles. The third-order valence-corrected chi connectivity index (χ3v) is 9.64. The van der Waals surface area contributed by atoms with Crippen LogP contribution in [0.3, 0.4) is 0 Å². The van der Waals surface area contributed by atoms with Gasteiger partial charge in [0.2, 0.25) is 7.44 Å². The molecule has 0 bridgehead atoms. The summed E-state index contributed by atoms with van der Waals surface area (Å²) in [5, 5.41) is 0. The highest BCUT2D eigenvalue weighted by Gasteiger charge is 2.37. The van der Waals surface area contributed by atoms with Crippen LogP contribution in [0.15, 0.2) is 0 Å². The molecule has 0 atom stereocenters. The van der Waals surface area contributed by atoms with E-state index in [9.17, 15) is 28.5 Å². The Bertz CT molecular complexity index is 664. The maximum absolute atomic E-state index is 14.8. The van der Waals surface area contributed by atoms with Crippen molar-refractivity contribution in [1.29, 1.82) is 0 Å². The molecule has 0 aliphatic carbocycles. The van der Waals surface area contributed by atoms with E-state index in [1.165, 1.54) is 0 Å². The van der Waals surface area contributed by atoms with Gasteiger partial charge in [-0.2, -0.15) is 0 Å². The number of hydrogen-bond acceptors (Lipinski definition) is 6. The van der Waals surface area contributed by atoms with Crippen LogP contribution in [0.5, 0.6) is 0 Å². The molecule has 0 spiro atoms. The van der Waals surface area contributed by atoms with E-state index in [-0.39, 0.29) is 93.4 Å². The van der Waals surface area contributed by atoms with E-state index in [0.717, 1.165) is 0 Å². The van der Waals surface area contributed by atoms with Crippen molar-refractivity contribution in [3.8, 4) is 0 Å². The second-order valence-electron chi connectivity index (χ2n) is 8.90. The first-order valence-corrected chi connectivity index (χ1v) is 15.1. The summed E-state index contributed by atoms with van der Waals surface area (Å²) in [4.78, 5) is 60.9. The summed E-state index contributed by atoms with van der Waals surface area (Å²) in [6.45, 7) is 9.85. The Hall–Kier alpha value is -1.50. The van der Waals surface area contributed by atoms with E-state index < -0.39 is 7.44 Å². The molecule has 35 heavy (non-hydrogen) atoms. The highest BCUT2D eigenvalue weighted by atomic mass is 31.2. The van der Waals surface area contributed by atoms with Crippen molar-refractivity contribution in [2.45, 2.75) is 105 Å². The summed E-state index contributed by atoms with van der Waals surface area (Å²) in [5.74, 6) is 0.119. The third kappa shape index (κ3) is 13.4. The van der Waals surface area contributed by atoms with Crippen LogP contribution in [0, 0.1) is 0 Å². The van der Waals surface area contributed by atoms with Crippen LogP contribution in [0.25, 0.3) is 0 Å². The molecule has 0 unspecified atom stereocenters. The number of rotatable bonds is 23. The molecule has 0 heterocycles. The number of Topliss-reactive ketones (excluding diaryl/α,β-unsaturated/α-hetero) is 5. The van der Waals surface area contributed by atoms with Crippen molar-refractivity contribution in [3.63, 3.8) is 0 Å². The molecule has 8 nitrogen and oxygen atoms in total. The Morgan fingerprint density at radius 3 is 1.06 bits per heavy atom. The highest BCUT2D eigenvalue weighted by Crippen LogP contribution is 2.54. The van der Waals surface area contributed by atoms with Gasteiger partial charge in [0, 0.05) is 96.5 Å². The summed E-state index contributed by atoms with van der Waals surface area (Å²) >= 11 is 0. The molecule has 0 radical (unpaired) electrons. The van der Waals surface area contributed by atoms with Crippen molar-refractivity contribution in [2.24, 2.45) is 0 Å². The molecule has 202 valence electrons. The van der Waals surface area contributed by atoms with Gasteiger partial charge in [-0.05, 0) is 6.42 Å². The molecule has 0 fully saturated rings. The van der Waals surface area contributed by atoms with Gasteiger partial charge in [0.25, 0.3) is 0 Å². The van der Waals surface area contributed by atoms with Crippen LogP contribution in [0.2, 0.25) is 0 Å². The largest absolute Gasteiger partial charge is 0.300 e. The standard InChI is InChI=1S/C26H47N2O6P/c1-6-11-26(33)16-21-35(34,27(17-12-22(29)7-2)18-13-23(30)8-3)28(19-14-24(31)9-4)20-15-25(32)10-5/h6-21H2,1-5H3. The number of nitrogens with zero attached hydrogens (tertiary/aromatic N) is 2. The van der Waals surface area contributed by atoms with Crippen LogP contribution in [0.4, 0.5) is 0 Å². The number of carbonyl (C=O) groups excluding carboxylic acids is 5.